The second-order valence-corrected chi connectivity index (χ2v) is 6.22. The highest BCUT2D eigenvalue weighted by Gasteiger charge is 2.24. The fourth-order valence-corrected chi connectivity index (χ4v) is 2.53. The van der Waals surface area contributed by atoms with E-state index in [9.17, 15) is 9.59 Å². The van der Waals surface area contributed by atoms with Crippen molar-refractivity contribution in [3.05, 3.63) is 53.9 Å². The minimum absolute atomic E-state index is 0.0355. The van der Waals surface area contributed by atoms with Crippen molar-refractivity contribution in [2.45, 2.75) is 32.9 Å². The summed E-state index contributed by atoms with van der Waals surface area (Å²) in [5, 5.41) is 9.08. The summed E-state index contributed by atoms with van der Waals surface area (Å²) < 4.78 is 0. The highest BCUT2D eigenvalue weighted by atomic mass is 16.4. The number of amides is 1. The summed E-state index contributed by atoms with van der Waals surface area (Å²) in [4.78, 5) is 28.1. The number of carboxylic acid groups (broad SMARTS) is 1. The molecule has 0 saturated heterocycles. The van der Waals surface area contributed by atoms with Crippen molar-refractivity contribution in [2.75, 3.05) is 4.90 Å². The fraction of sp³-hybridized carbons (Fsp3) is 0.333. The zero-order chi connectivity index (χ0) is 17.7. The normalized spacial score (nSPS) is 12.2. The van der Waals surface area contributed by atoms with Crippen LogP contribution in [0.1, 0.15) is 36.3 Å². The van der Waals surface area contributed by atoms with Crippen LogP contribution < -0.4 is 10.6 Å². The molecule has 0 fully saturated rings. The van der Waals surface area contributed by atoms with Crippen LogP contribution in [0, 0.1) is 5.92 Å². The number of hydrogen-bond acceptors (Lipinski definition) is 3. The van der Waals surface area contributed by atoms with Gasteiger partial charge in [-0.2, -0.15) is 0 Å². The molecule has 6 heteroatoms. The molecule has 0 aliphatic carbocycles. The Hall–Kier alpha value is -2.60. The fourth-order valence-electron chi connectivity index (χ4n) is 2.53. The highest BCUT2D eigenvalue weighted by molar-refractivity contribution is 5.98. The topological polar surface area (TPSA) is 99.4 Å². The van der Waals surface area contributed by atoms with Gasteiger partial charge in [0.05, 0.1) is 18.3 Å². The van der Waals surface area contributed by atoms with E-state index in [0.717, 1.165) is 5.56 Å². The summed E-state index contributed by atoms with van der Waals surface area (Å²) in [7, 11) is 0. The first-order chi connectivity index (χ1) is 11.4. The molecule has 1 amide bonds. The van der Waals surface area contributed by atoms with E-state index in [4.69, 9.17) is 10.8 Å². The van der Waals surface area contributed by atoms with Crippen LogP contribution >= 0.6 is 0 Å². The predicted molar refractivity (Wildman–Crippen MR) is 92.8 cm³/mol. The molecule has 1 atom stereocenters. The number of nitrogens with two attached hydrogens (primary N) is 1. The lowest BCUT2D eigenvalue weighted by Gasteiger charge is -2.25. The molecular weight excluding hydrogens is 306 g/mol. The number of carbonyl (C=O) groups is 2. The van der Waals surface area contributed by atoms with Gasteiger partial charge in [-0.25, -0.2) is 4.79 Å². The molecule has 2 aromatic rings. The van der Waals surface area contributed by atoms with Crippen LogP contribution in [-0.2, 0) is 11.3 Å². The minimum Gasteiger partial charge on any atom is -0.477 e. The zero-order valence-corrected chi connectivity index (χ0v) is 13.9. The standard InChI is InChI=1S/C18H23N3O3/c1-12(2)8-15(19)17(22)21(11-13-6-4-3-5-7-13)14-9-16(18(23)24)20-10-14/h3-7,9-10,12,15,20H,8,11,19H2,1-2H3,(H,23,24)/t15-/m0/s1. The molecule has 0 spiro atoms. The van der Waals surface area contributed by atoms with Crippen LogP contribution in [0.5, 0.6) is 0 Å². The third kappa shape index (κ3) is 4.45. The molecule has 1 aromatic heterocycles. The maximum atomic E-state index is 12.8. The van der Waals surface area contributed by atoms with Gasteiger partial charge in [-0.15, -0.1) is 0 Å². The van der Waals surface area contributed by atoms with Crippen molar-refractivity contribution in [2.24, 2.45) is 11.7 Å². The summed E-state index contributed by atoms with van der Waals surface area (Å²) in [6.07, 6.45) is 2.09. The van der Waals surface area contributed by atoms with Gasteiger partial charge in [-0.1, -0.05) is 44.2 Å². The molecular formula is C18H23N3O3. The van der Waals surface area contributed by atoms with E-state index < -0.39 is 12.0 Å². The van der Waals surface area contributed by atoms with Crippen molar-refractivity contribution in [1.82, 2.24) is 4.98 Å². The number of benzene rings is 1. The second-order valence-electron chi connectivity index (χ2n) is 6.22. The van der Waals surface area contributed by atoms with Crippen LogP contribution in [0.15, 0.2) is 42.6 Å². The number of carbonyl (C=O) groups excluding carboxylic acids is 1. The van der Waals surface area contributed by atoms with E-state index in [1.807, 2.05) is 44.2 Å². The van der Waals surface area contributed by atoms with Gasteiger partial charge in [-0.3, -0.25) is 4.79 Å². The molecule has 24 heavy (non-hydrogen) atoms. The Balaban J connectivity index is 2.29. The number of anilines is 1. The van der Waals surface area contributed by atoms with Gasteiger partial charge >= 0.3 is 5.97 Å². The Morgan fingerprint density at radius 1 is 1.25 bits per heavy atom. The van der Waals surface area contributed by atoms with E-state index >= 15 is 0 Å². The molecule has 0 aliphatic rings. The highest BCUT2D eigenvalue weighted by Crippen LogP contribution is 2.21. The molecule has 0 bridgehead atoms. The van der Waals surface area contributed by atoms with Crippen molar-refractivity contribution in [3.8, 4) is 0 Å². The van der Waals surface area contributed by atoms with Crippen molar-refractivity contribution >= 4 is 17.6 Å². The SMILES string of the molecule is CC(C)C[C@H](N)C(=O)N(Cc1ccccc1)c1c[nH]c(C(=O)O)c1. The average molecular weight is 329 g/mol. The number of nitrogens with zero attached hydrogens (tertiary/aromatic N) is 1. The first kappa shape index (κ1) is 17.7. The molecule has 2 rings (SSSR count). The first-order valence-corrected chi connectivity index (χ1v) is 7.91. The van der Waals surface area contributed by atoms with Crippen LogP contribution in [0.3, 0.4) is 0 Å². The Kier molecular flexibility index (Phi) is 5.76. The molecule has 1 aromatic carbocycles. The van der Waals surface area contributed by atoms with Crippen LogP contribution in [0.2, 0.25) is 0 Å². The van der Waals surface area contributed by atoms with Gasteiger partial charge in [0.2, 0.25) is 5.91 Å². The molecule has 128 valence electrons. The quantitative estimate of drug-likeness (QED) is 0.727. The molecule has 0 aliphatic heterocycles. The van der Waals surface area contributed by atoms with Crippen molar-refractivity contribution < 1.29 is 14.7 Å². The van der Waals surface area contributed by atoms with Crippen LogP contribution in [0.4, 0.5) is 5.69 Å². The largest absolute Gasteiger partial charge is 0.477 e. The number of carboxylic acids is 1. The number of aromatic amines is 1. The Bertz CT molecular complexity index is 695. The van der Waals surface area contributed by atoms with E-state index in [-0.39, 0.29) is 11.6 Å². The average Bonchev–Trinajstić information content (AvgIpc) is 3.02. The van der Waals surface area contributed by atoms with Gasteiger partial charge in [-0.05, 0) is 24.0 Å². The number of aromatic carboxylic acids is 1. The first-order valence-electron chi connectivity index (χ1n) is 7.91. The molecule has 0 saturated carbocycles. The predicted octanol–water partition coefficient (Wildman–Crippen LogP) is 2.62. The van der Waals surface area contributed by atoms with E-state index in [1.165, 1.54) is 17.2 Å². The molecule has 0 radical (unpaired) electrons. The third-order valence-corrected chi connectivity index (χ3v) is 3.70. The van der Waals surface area contributed by atoms with Gasteiger partial charge in [0, 0.05) is 6.20 Å². The van der Waals surface area contributed by atoms with E-state index in [1.54, 1.807) is 0 Å². The summed E-state index contributed by atoms with van der Waals surface area (Å²) in [6, 6.07) is 10.3. The summed E-state index contributed by atoms with van der Waals surface area (Å²) >= 11 is 0. The number of aromatic nitrogens is 1. The van der Waals surface area contributed by atoms with Crippen molar-refractivity contribution in [3.63, 3.8) is 0 Å². The maximum Gasteiger partial charge on any atom is 0.352 e. The van der Waals surface area contributed by atoms with Crippen molar-refractivity contribution in [1.29, 1.82) is 0 Å². The zero-order valence-electron chi connectivity index (χ0n) is 13.9. The number of hydrogen-bond donors (Lipinski definition) is 3. The number of H-pyrrole nitrogens is 1. The number of rotatable bonds is 7. The Labute approximate surface area is 141 Å². The Morgan fingerprint density at radius 3 is 2.46 bits per heavy atom. The summed E-state index contributed by atoms with van der Waals surface area (Å²) in [5.74, 6) is -0.994. The third-order valence-electron chi connectivity index (χ3n) is 3.70. The van der Waals surface area contributed by atoms with Gasteiger partial charge in [0.15, 0.2) is 0 Å². The molecule has 0 unspecified atom stereocenters. The lowest BCUT2D eigenvalue weighted by molar-refractivity contribution is -0.120. The lowest BCUT2D eigenvalue weighted by atomic mass is 10.0. The van der Waals surface area contributed by atoms with Crippen LogP contribution in [0.25, 0.3) is 0 Å². The van der Waals surface area contributed by atoms with Gasteiger partial charge < -0.3 is 20.7 Å². The summed E-state index contributed by atoms with van der Waals surface area (Å²) in [6.45, 7) is 4.35. The van der Waals surface area contributed by atoms with E-state index in [2.05, 4.69) is 4.98 Å². The molecule has 1 heterocycles. The van der Waals surface area contributed by atoms with Crippen LogP contribution in [-0.4, -0.2) is 28.0 Å². The number of nitrogens with one attached hydrogen (secondary N) is 1. The Morgan fingerprint density at radius 2 is 1.92 bits per heavy atom. The minimum atomic E-state index is -1.07. The lowest BCUT2D eigenvalue weighted by Crippen LogP contribution is -2.44. The molecule has 4 N–H and O–H groups in total. The monoisotopic (exact) mass is 329 g/mol. The van der Waals surface area contributed by atoms with Gasteiger partial charge in [0.1, 0.15) is 5.69 Å². The van der Waals surface area contributed by atoms with E-state index in [0.29, 0.717) is 24.6 Å². The molecule has 6 nitrogen and oxygen atoms in total. The van der Waals surface area contributed by atoms with Gasteiger partial charge in [0.25, 0.3) is 0 Å². The maximum absolute atomic E-state index is 12.8. The smallest absolute Gasteiger partial charge is 0.352 e. The second kappa shape index (κ2) is 7.79. The summed E-state index contributed by atoms with van der Waals surface area (Å²) in [5.41, 5.74) is 7.54.